The molecule has 0 unspecified atom stereocenters. The molecular formula is C27H37N3O. The fraction of sp³-hybridized carbons (Fsp3) is 0.296. The predicted molar refractivity (Wildman–Crippen MR) is 135 cm³/mol. The lowest BCUT2D eigenvalue weighted by Gasteiger charge is -2.12. The summed E-state index contributed by atoms with van der Waals surface area (Å²) in [6.45, 7) is 19.6. The zero-order valence-corrected chi connectivity index (χ0v) is 20.3. The van der Waals surface area contributed by atoms with E-state index in [0.717, 1.165) is 21.7 Å². The van der Waals surface area contributed by atoms with Crippen LogP contribution in [-0.2, 0) is 0 Å². The van der Waals surface area contributed by atoms with Gasteiger partial charge < -0.3 is 15.1 Å². The van der Waals surface area contributed by atoms with Crippen molar-refractivity contribution in [3.8, 4) is 17.4 Å². The van der Waals surface area contributed by atoms with Gasteiger partial charge in [-0.25, -0.2) is 0 Å². The number of rotatable bonds is 5. The van der Waals surface area contributed by atoms with Gasteiger partial charge in [0.25, 0.3) is 0 Å². The summed E-state index contributed by atoms with van der Waals surface area (Å²) < 4.78 is 5.94. The molecule has 0 amide bonds. The fourth-order valence-electron chi connectivity index (χ4n) is 2.74. The number of nitrogens with zero attached hydrogens (tertiary/aromatic N) is 2. The van der Waals surface area contributed by atoms with Crippen LogP contribution in [-0.4, -0.2) is 19.0 Å². The number of hydrogen-bond donors (Lipinski definition) is 1. The Morgan fingerprint density at radius 3 is 2.19 bits per heavy atom. The molecule has 0 spiro atoms. The molecule has 0 radical (unpaired) electrons. The monoisotopic (exact) mass is 419 g/mol. The van der Waals surface area contributed by atoms with Gasteiger partial charge in [-0.1, -0.05) is 59.1 Å². The van der Waals surface area contributed by atoms with Gasteiger partial charge in [0.1, 0.15) is 17.6 Å². The third-order valence-electron chi connectivity index (χ3n) is 4.33. The minimum absolute atomic E-state index is 0.230. The lowest BCUT2D eigenvalue weighted by molar-refractivity contribution is 0.536. The van der Waals surface area contributed by atoms with Gasteiger partial charge in [0, 0.05) is 36.6 Å². The Hall–Kier alpha value is -3.45. The average Bonchev–Trinajstić information content (AvgIpc) is 3.26. The van der Waals surface area contributed by atoms with Crippen LogP contribution in [0.4, 0.5) is 0 Å². The number of furan rings is 1. The van der Waals surface area contributed by atoms with Crippen molar-refractivity contribution in [3.63, 3.8) is 0 Å². The molecule has 4 heteroatoms. The molecule has 4 nitrogen and oxygen atoms in total. The number of allylic oxidation sites excluding steroid dienone is 4. The molecule has 1 aromatic carbocycles. The molecule has 0 fully saturated rings. The Morgan fingerprint density at radius 1 is 1.13 bits per heavy atom. The molecule has 2 N–H and O–H groups in total. The lowest BCUT2D eigenvalue weighted by atomic mass is 10.1. The van der Waals surface area contributed by atoms with Gasteiger partial charge in [-0.3, -0.25) is 0 Å². The van der Waals surface area contributed by atoms with Crippen LogP contribution in [0.25, 0.3) is 29.6 Å². The Morgan fingerprint density at radius 2 is 1.74 bits per heavy atom. The zero-order valence-electron chi connectivity index (χ0n) is 20.3. The molecule has 0 aliphatic rings. The van der Waals surface area contributed by atoms with Crippen molar-refractivity contribution in [1.82, 2.24) is 4.90 Å². The topological polar surface area (TPSA) is 66.2 Å². The van der Waals surface area contributed by atoms with Gasteiger partial charge in [-0.15, -0.1) is 0 Å². The molecule has 2 rings (SSSR count). The van der Waals surface area contributed by atoms with Crippen molar-refractivity contribution in [2.75, 3.05) is 14.1 Å². The van der Waals surface area contributed by atoms with Gasteiger partial charge in [0.05, 0.1) is 5.57 Å². The number of benzene rings is 1. The lowest BCUT2D eigenvalue weighted by Crippen LogP contribution is -2.24. The van der Waals surface area contributed by atoms with E-state index in [2.05, 4.69) is 36.3 Å². The second kappa shape index (κ2) is 13.7. The van der Waals surface area contributed by atoms with Crippen LogP contribution < -0.4 is 16.2 Å². The van der Waals surface area contributed by atoms with Crippen molar-refractivity contribution < 1.29 is 4.42 Å². The van der Waals surface area contributed by atoms with Gasteiger partial charge in [0.2, 0.25) is 0 Å². The summed E-state index contributed by atoms with van der Waals surface area (Å²) >= 11 is 0. The first-order valence-corrected chi connectivity index (χ1v) is 10.6. The van der Waals surface area contributed by atoms with Crippen LogP contribution >= 0.6 is 0 Å². The molecule has 1 heterocycles. The summed E-state index contributed by atoms with van der Waals surface area (Å²) in [7, 11) is 4.02. The number of hydrogen-bond acceptors (Lipinski definition) is 4. The zero-order chi connectivity index (χ0) is 24.1. The van der Waals surface area contributed by atoms with E-state index in [0.29, 0.717) is 22.7 Å². The van der Waals surface area contributed by atoms with E-state index in [-0.39, 0.29) is 5.70 Å². The fourth-order valence-corrected chi connectivity index (χ4v) is 2.74. The molecular weight excluding hydrogens is 382 g/mol. The maximum absolute atomic E-state index is 9.24. The van der Waals surface area contributed by atoms with Crippen LogP contribution in [0, 0.1) is 11.3 Å². The molecule has 0 saturated carbocycles. The van der Waals surface area contributed by atoms with Gasteiger partial charge in [-0.05, 0) is 48.6 Å². The van der Waals surface area contributed by atoms with E-state index < -0.39 is 0 Å². The van der Waals surface area contributed by atoms with Crippen molar-refractivity contribution in [2.45, 2.75) is 41.5 Å². The number of nitrogens with two attached hydrogens (primary N) is 1. The minimum atomic E-state index is 0.230. The molecule has 0 atom stereocenters. The van der Waals surface area contributed by atoms with E-state index in [9.17, 15) is 5.26 Å². The minimum Gasteiger partial charge on any atom is -0.456 e. The average molecular weight is 420 g/mol. The molecule has 0 saturated heterocycles. The molecule has 31 heavy (non-hydrogen) atoms. The summed E-state index contributed by atoms with van der Waals surface area (Å²) in [5, 5.41) is 11.2. The summed E-state index contributed by atoms with van der Waals surface area (Å²) in [5.74, 6) is 1.30. The van der Waals surface area contributed by atoms with Gasteiger partial charge in [-0.2, -0.15) is 5.26 Å². The second-order valence-corrected chi connectivity index (χ2v) is 6.47. The smallest absolute Gasteiger partial charge is 0.134 e. The summed E-state index contributed by atoms with van der Waals surface area (Å²) in [5.41, 5.74) is 8.94. The van der Waals surface area contributed by atoms with Crippen molar-refractivity contribution in [1.29, 1.82) is 5.26 Å². The van der Waals surface area contributed by atoms with Crippen molar-refractivity contribution in [3.05, 3.63) is 76.2 Å². The Labute approximate surface area is 188 Å². The summed E-state index contributed by atoms with van der Waals surface area (Å²) in [6.07, 6.45) is 4.15. The van der Waals surface area contributed by atoms with Crippen LogP contribution in [0.1, 0.15) is 47.3 Å². The predicted octanol–water partition coefficient (Wildman–Crippen LogP) is 5.42. The highest BCUT2D eigenvalue weighted by Gasteiger charge is 2.11. The summed E-state index contributed by atoms with van der Waals surface area (Å²) in [4.78, 5) is 2.05. The molecule has 2 aromatic rings. The van der Waals surface area contributed by atoms with Crippen LogP contribution in [0.2, 0.25) is 0 Å². The van der Waals surface area contributed by atoms with E-state index >= 15 is 0 Å². The second-order valence-electron chi connectivity index (χ2n) is 6.47. The van der Waals surface area contributed by atoms with E-state index in [4.69, 9.17) is 10.2 Å². The first-order valence-electron chi connectivity index (χ1n) is 10.6. The highest BCUT2D eigenvalue weighted by atomic mass is 16.3. The molecule has 0 aliphatic heterocycles. The Bertz CT molecular complexity index is 1080. The molecule has 0 bridgehead atoms. The third-order valence-corrected chi connectivity index (χ3v) is 4.33. The quantitative estimate of drug-likeness (QED) is 0.519. The third kappa shape index (κ3) is 7.38. The van der Waals surface area contributed by atoms with Gasteiger partial charge in [0.15, 0.2) is 0 Å². The van der Waals surface area contributed by atoms with Gasteiger partial charge >= 0.3 is 0 Å². The van der Waals surface area contributed by atoms with E-state index in [1.165, 1.54) is 0 Å². The Balaban J connectivity index is 0.00000212. The molecule has 0 aliphatic carbocycles. The van der Waals surface area contributed by atoms with E-state index in [1.54, 1.807) is 6.92 Å². The highest BCUT2D eigenvalue weighted by Crippen LogP contribution is 2.27. The Kier molecular flexibility index (Phi) is 12.2. The number of nitriles is 1. The molecule has 1 aromatic heterocycles. The first kappa shape index (κ1) is 27.5. The molecule has 166 valence electrons. The SMILES string of the molecule is C=C(N)/C(C#N)=C(\C)c1ccc(-c2cc/c(=C/C(=C\C)N(C)C)c(=C)c2)o1.CC.CC. The van der Waals surface area contributed by atoms with Crippen LogP contribution in [0.5, 0.6) is 0 Å². The van der Waals surface area contributed by atoms with Crippen LogP contribution in [0.3, 0.4) is 0 Å². The van der Waals surface area contributed by atoms with Crippen molar-refractivity contribution in [2.24, 2.45) is 5.73 Å². The maximum atomic E-state index is 9.24. The van der Waals surface area contributed by atoms with Crippen molar-refractivity contribution >= 4 is 18.2 Å². The summed E-state index contributed by atoms with van der Waals surface area (Å²) in [6, 6.07) is 11.8. The van der Waals surface area contributed by atoms with Crippen LogP contribution in [0.15, 0.2) is 64.4 Å². The maximum Gasteiger partial charge on any atom is 0.134 e. The standard InChI is InChI=1S/C23H25N3O.2C2H6/c1-7-20(26(5)6)13-18-8-9-19(12-15(18)2)23-11-10-22(27-23)16(3)21(14-24)17(4)25;2*1-2/h7-13H,2,4,25H2,1,3,5-6H3;2*1-2H3/b18-13-,20-7+,21-16+;;. The van der Waals surface area contributed by atoms with E-state index in [1.807, 2.05) is 79.0 Å². The first-order chi connectivity index (χ1) is 14.8. The largest absolute Gasteiger partial charge is 0.456 e. The normalized spacial score (nSPS) is 11.8. The highest BCUT2D eigenvalue weighted by molar-refractivity contribution is 5.73.